The number of carbonyl (C=O) groups is 2. The van der Waals surface area contributed by atoms with Crippen molar-refractivity contribution in [1.82, 2.24) is 10.0 Å². The van der Waals surface area contributed by atoms with Gasteiger partial charge < -0.3 is 11.1 Å². The Balaban J connectivity index is 2.03. The largest absolute Gasteiger partial charge is 0.370 e. The molecule has 2 amide bonds. The van der Waals surface area contributed by atoms with Crippen molar-refractivity contribution < 1.29 is 18.0 Å². The predicted molar refractivity (Wildman–Crippen MR) is 112 cm³/mol. The Morgan fingerprint density at radius 1 is 0.966 bits per heavy atom. The van der Waals surface area contributed by atoms with Crippen LogP contribution in [0, 0.1) is 0 Å². The van der Waals surface area contributed by atoms with Gasteiger partial charge in [-0.3, -0.25) is 9.59 Å². The van der Waals surface area contributed by atoms with Gasteiger partial charge in [0.1, 0.15) is 6.04 Å². The summed E-state index contributed by atoms with van der Waals surface area (Å²) < 4.78 is 27.5. The summed E-state index contributed by atoms with van der Waals surface area (Å²) >= 11 is 11.6. The molecular weight excluding hydrogens is 437 g/mol. The van der Waals surface area contributed by atoms with Crippen molar-refractivity contribution in [3.05, 3.63) is 64.1 Å². The van der Waals surface area contributed by atoms with Crippen LogP contribution in [0.1, 0.15) is 18.4 Å². The second-order valence-corrected chi connectivity index (χ2v) is 8.89. The summed E-state index contributed by atoms with van der Waals surface area (Å²) in [6.45, 7) is 0.288. The monoisotopic (exact) mass is 457 g/mol. The summed E-state index contributed by atoms with van der Waals surface area (Å²) in [6, 6.07) is 11.5. The summed E-state index contributed by atoms with van der Waals surface area (Å²) in [6.07, 6.45) is 0.336. The number of nitrogens with two attached hydrogens (primary N) is 1. The zero-order valence-electron chi connectivity index (χ0n) is 15.4. The number of amides is 2. The number of halogens is 2. The van der Waals surface area contributed by atoms with Gasteiger partial charge in [-0.2, -0.15) is 4.72 Å². The van der Waals surface area contributed by atoms with Crippen molar-refractivity contribution >= 4 is 45.0 Å². The van der Waals surface area contributed by atoms with E-state index < -0.39 is 27.9 Å². The van der Waals surface area contributed by atoms with Crippen LogP contribution < -0.4 is 15.8 Å². The van der Waals surface area contributed by atoms with E-state index in [9.17, 15) is 18.0 Å². The van der Waals surface area contributed by atoms with Crippen LogP contribution >= 0.6 is 23.2 Å². The molecule has 0 bridgehead atoms. The minimum absolute atomic E-state index is 0.0417. The summed E-state index contributed by atoms with van der Waals surface area (Å²) in [5, 5.41) is 3.68. The van der Waals surface area contributed by atoms with Gasteiger partial charge in [0, 0.05) is 23.0 Å². The molecule has 1 atom stereocenters. The molecule has 2 aromatic carbocycles. The highest BCUT2D eigenvalue weighted by Gasteiger charge is 2.26. The Kier molecular flexibility index (Phi) is 8.45. The number of hydrogen-bond acceptors (Lipinski definition) is 4. The highest BCUT2D eigenvalue weighted by Crippen LogP contribution is 2.15. The molecule has 0 aromatic heterocycles. The van der Waals surface area contributed by atoms with E-state index in [4.69, 9.17) is 28.9 Å². The summed E-state index contributed by atoms with van der Waals surface area (Å²) in [4.78, 5) is 23.6. The third-order valence-electron chi connectivity index (χ3n) is 4.04. The van der Waals surface area contributed by atoms with Gasteiger partial charge in [-0.05, 0) is 54.8 Å². The van der Waals surface area contributed by atoms with E-state index in [1.165, 1.54) is 24.3 Å². The molecule has 0 unspecified atom stereocenters. The number of carbonyl (C=O) groups excluding carboxylic acids is 2. The number of hydrogen-bond donors (Lipinski definition) is 3. The van der Waals surface area contributed by atoms with Crippen molar-refractivity contribution in [3.63, 3.8) is 0 Å². The predicted octanol–water partition coefficient (Wildman–Crippen LogP) is 2.26. The van der Waals surface area contributed by atoms with Gasteiger partial charge in [0.15, 0.2) is 0 Å². The standard InChI is InChI=1S/C19H21Cl2N3O4S/c20-14-3-1-13(2-4-14)11-12-23-19(26)17(9-10-18(22)25)24-29(27,28)16-7-5-15(21)6-8-16/h1-8,17,24H,9-12H2,(H2,22,25)(H,23,26)/t17-/m1/s1. The van der Waals surface area contributed by atoms with Gasteiger partial charge in [-0.15, -0.1) is 0 Å². The lowest BCUT2D eigenvalue weighted by Gasteiger charge is -2.18. The lowest BCUT2D eigenvalue weighted by Crippen LogP contribution is -2.47. The lowest BCUT2D eigenvalue weighted by atomic mass is 10.1. The molecule has 0 fully saturated rings. The molecule has 0 heterocycles. The van der Waals surface area contributed by atoms with Gasteiger partial charge in [0.25, 0.3) is 0 Å². The Morgan fingerprint density at radius 3 is 2.07 bits per heavy atom. The molecule has 0 aliphatic rings. The van der Waals surface area contributed by atoms with Crippen LogP contribution in [-0.2, 0) is 26.0 Å². The fourth-order valence-corrected chi connectivity index (χ4v) is 3.99. The maximum atomic E-state index is 12.6. The zero-order valence-corrected chi connectivity index (χ0v) is 17.7. The molecule has 156 valence electrons. The molecule has 2 rings (SSSR count). The van der Waals surface area contributed by atoms with Crippen LogP contribution in [0.15, 0.2) is 53.4 Å². The van der Waals surface area contributed by atoms with Crippen molar-refractivity contribution in [2.24, 2.45) is 5.73 Å². The molecule has 0 aliphatic carbocycles. The van der Waals surface area contributed by atoms with Crippen LogP contribution in [0.4, 0.5) is 0 Å². The van der Waals surface area contributed by atoms with Crippen molar-refractivity contribution in [2.75, 3.05) is 6.54 Å². The molecule has 0 saturated carbocycles. The smallest absolute Gasteiger partial charge is 0.241 e. The quantitative estimate of drug-likeness (QED) is 0.506. The van der Waals surface area contributed by atoms with Crippen LogP contribution in [0.5, 0.6) is 0 Å². The van der Waals surface area contributed by atoms with E-state index >= 15 is 0 Å². The van der Waals surface area contributed by atoms with Crippen LogP contribution in [-0.4, -0.2) is 32.8 Å². The molecule has 0 radical (unpaired) electrons. The fraction of sp³-hybridized carbons (Fsp3) is 0.263. The minimum atomic E-state index is -3.99. The van der Waals surface area contributed by atoms with E-state index in [0.717, 1.165) is 5.56 Å². The topological polar surface area (TPSA) is 118 Å². The second kappa shape index (κ2) is 10.6. The van der Waals surface area contributed by atoms with E-state index in [2.05, 4.69) is 10.0 Å². The first-order chi connectivity index (χ1) is 13.7. The fourth-order valence-electron chi connectivity index (χ4n) is 2.50. The average Bonchev–Trinajstić information content (AvgIpc) is 2.66. The number of primary amides is 1. The number of sulfonamides is 1. The second-order valence-electron chi connectivity index (χ2n) is 6.30. The van der Waals surface area contributed by atoms with Crippen molar-refractivity contribution in [2.45, 2.75) is 30.2 Å². The number of nitrogens with one attached hydrogen (secondary N) is 2. The highest BCUT2D eigenvalue weighted by molar-refractivity contribution is 7.89. The van der Waals surface area contributed by atoms with Gasteiger partial charge in [-0.25, -0.2) is 8.42 Å². The first-order valence-corrected chi connectivity index (χ1v) is 11.0. The Bertz CT molecular complexity index is 948. The van der Waals surface area contributed by atoms with Crippen molar-refractivity contribution in [3.8, 4) is 0 Å². The molecule has 4 N–H and O–H groups in total. The third-order valence-corrected chi connectivity index (χ3v) is 6.03. The summed E-state index contributed by atoms with van der Waals surface area (Å²) in [7, 11) is -3.99. The van der Waals surface area contributed by atoms with Crippen LogP contribution in [0.25, 0.3) is 0 Å². The summed E-state index contributed by atoms with van der Waals surface area (Å²) in [5.41, 5.74) is 6.11. The maximum Gasteiger partial charge on any atom is 0.241 e. The third kappa shape index (κ3) is 7.66. The molecule has 0 saturated heterocycles. The first kappa shape index (κ1) is 23.2. The molecule has 2 aromatic rings. The van der Waals surface area contributed by atoms with E-state index in [-0.39, 0.29) is 24.3 Å². The summed E-state index contributed by atoms with van der Waals surface area (Å²) in [5.74, 6) is -1.17. The van der Waals surface area contributed by atoms with Gasteiger partial charge in [-0.1, -0.05) is 35.3 Å². The SMILES string of the molecule is NC(=O)CC[C@@H](NS(=O)(=O)c1ccc(Cl)cc1)C(=O)NCCc1ccc(Cl)cc1. The Labute approximate surface area is 179 Å². The number of benzene rings is 2. The molecule has 29 heavy (non-hydrogen) atoms. The average molecular weight is 458 g/mol. The maximum absolute atomic E-state index is 12.6. The molecular formula is C19H21Cl2N3O4S. The molecule has 0 aliphatic heterocycles. The van der Waals surface area contributed by atoms with E-state index in [1.54, 1.807) is 12.1 Å². The molecule has 0 spiro atoms. The van der Waals surface area contributed by atoms with E-state index in [0.29, 0.717) is 16.5 Å². The Hall–Kier alpha value is -2.13. The lowest BCUT2D eigenvalue weighted by molar-refractivity contribution is -0.123. The zero-order chi connectivity index (χ0) is 21.4. The van der Waals surface area contributed by atoms with Gasteiger partial charge in [0.05, 0.1) is 4.90 Å². The molecule has 7 nitrogen and oxygen atoms in total. The normalized spacial score (nSPS) is 12.3. The van der Waals surface area contributed by atoms with Crippen LogP contribution in [0.3, 0.4) is 0 Å². The first-order valence-electron chi connectivity index (χ1n) is 8.76. The van der Waals surface area contributed by atoms with Gasteiger partial charge in [0.2, 0.25) is 21.8 Å². The number of rotatable bonds is 10. The Morgan fingerprint density at radius 2 is 1.52 bits per heavy atom. The highest BCUT2D eigenvalue weighted by atomic mass is 35.5. The van der Waals surface area contributed by atoms with Crippen LogP contribution in [0.2, 0.25) is 10.0 Å². The molecule has 10 heteroatoms. The van der Waals surface area contributed by atoms with Gasteiger partial charge >= 0.3 is 0 Å². The minimum Gasteiger partial charge on any atom is -0.370 e. The van der Waals surface area contributed by atoms with E-state index in [1.807, 2.05) is 12.1 Å². The van der Waals surface area contributed by atoms with Crippen molar-refractivity contribution in [1.29, 1.82) is 0 Å².